The molecule has 1 aromatic heterocycles. The number of rotatable bonds is 33. The van der Waals surface area contributed by atoms with Gasteiger partial charge < -0.3 is 0 Å². The van der Waals surface area contributed by atoms with E-state index < -0.39 is 0 Å². The first-order chi connectivity index (χ1) is 21.2. The van der Waals surface area contributed by atoms with Crippen LogP contribution >= 0.6 is 0 Å². The minimum absolute atomic E-state index is 0.556. The third kappa shape index (κ3) is 26.1. The standard InChI is InChI=1S/C42H80N/c1-5-7-9-11-13-15-17-19-21-23-25-27-29-31-33-35-41-37-42(39-43(38-41)40(3)4)36-34-32-30-28-26-24-22-20-18-16-14-12-10-8-6-2/h37-40H,5-36H2,1-4H3/q+1. The summed E-state index contributed by atoms with van der Waals surface area (Å²) in [5.74, 6) is 0. The Morgan fingerprint density at radius 3 is 0.837 bits per heavy atom. The Labute approximate surface area is 272 Å². The van der Waals surface area contributed by atoms with Crippen LogP contribution in [0, 0.1) is 0 Å². The zero-order valence-electron chi connectivity index (χ0n) is 30.4. The first-order valence-corrected chi connectivity index (χ1v) is 20.2. The SMILES string of the molecule is CCCCCCCCCCCCCCCCCc1cc(CCCCCCCCCCCCCCCCC)c[n+](C(C)C)c1. The Bertz CT molecular complexity index is 640. The van der Waals surface area contributed by atoms with E-state index in [0.29, 0.717) is 6.04 Å². The summed E-state index contributed by atoms with van der Waals surface area (Å²) in [5.41, 5.74) is 3.14. The average molecular weight is 599 g/mol. The Morgan fingerprint density at radius 2 is 0.605 bits per heavy atom. The first-order valence-electron chi connectivity index (χ1n) is 20.2. The number of aryl methyl sites for hydroxylation is 2. The molecule has 252 valence electrons. The van der Waals surface area contributed by atoms with Crippen molar-refractivity contribution in [1.82, 2.24) is 0 Å². The molecule has 0 aromatic carbocycles. The maximum atomic E-state index is 2.53. The molecule has 0 bridgehead atoms. The molecular weight excluding hydrogens is 518 g/mol. The van der Waals surface area contributed by atoms with Crippen LogP contribution in [0.4, 0.5) is 0 Å². The van der Waals surface area contributed by atoms with E-state index in [2.05, 4.69) is 50.7 Å². The molecule has 0 aliphatic heterocycles. The van der Waals surface area contributed by atoms with Crippen molar-refractivity contribution in [3.8, 4) is 0 Å². The molecule has 0 saturated heterocycles. The van der Waals surface area contributed by atoms with Crippen LogP contribution < -0.4 is 4.57 Å². The van der Waals surface area contributed by atoms with E-state index in [1.807, 2.05) is 0 Å². The van der Waals surface area contributed by atoms with Crippen LogP contribution in [0.15, 0.2) is 18.5 Å². The molecule has 0 aliphatic carbocycles. The van der Waals surface area contributed by atoms with E-state index in [4.69, 9.17) is 0 Å². The molecule has 0 radical (unpaired) electrons. The van der Waals surface area contributed by atoms with E-state index in [9.17, 15) is 0 Å². The molecular formula is C42H80N+. The van der Waals surface area contributed by atoms with Gasteiger partial charge in [0.1, 0.15) is 0 Å². The quantitative estimate of drug-likeness (QED) is 0.0559. The summed E-state index contributed by atoms with van der Waals surface area (Å²) >= 11 is 0. The largest absolute Gasteiger partial charge is 0.203 e. The molecule has 0 unspecified atom stereocenters. The van der Waals surface area contributed by atoms with Gasteiger partial charge in [-0.25, -0.2) is 4.57 Å². The molecule has 0 spiro atoms. The van der Waals surface area contributed by atoms with Crippen LogP contribution in [0.2, 0.25) is 0 Å². The fourth-order valence-corrected chi connectivity index (χ4v) is 6.71. The highest BCUT2D eigenvalue weighted by atomic mass is 15.0. The van der Waals surface area contributed by atoms with E-state index >= 15 is 0 Å². The lowest BCUT2D eigenvalue weighted by Crippen LogP contribution is -2.36. The highest BCUT2D eigenvalue weighted by Crippen LogP contribution is 2.17. The highest BCUT2D eigenvalue weighted by molar-refractivity contribution is 5.15. The molecule has 1 aromatic rings. The maximum absolute atomic E-state index is 2.53. The zero-order valence-corrected chi connectivity index (χ0v) is 30.4. The smallest absolute Gasteiger partial charge is 0.172 e. The van der Waals surface area contributed by atoms with Crippen LogP contribution in [0.3, 0.4) is 0 Å². The molecule has 1 nitrogen and oxygen atoms in total. The fourth-order valence-electron chi connectivity index (χ4n) is 6.71. The van der Waals surface area contributed by atoms with Gasteiger partial charge in [-0.2, -0.15) is 0 Å². The second-order valence-corrected chi connectivity index (χ2v) is 14.5. The van der Waals surface area contributed by atoms with Gasteiger partial charge in [-0.05, 0) is 45.6 Å². The molecule has 1 rings (SSSR count). The normalized spacial score (nSPS) is 11.7. The van der Waals surface area contributed by atoms with Crippen LogP contribution in [0.5, 0.6) is 0 Å². The van der Waals surface area contributed by atoms with Gasteiger partial charge in [0.15, 0.2) is 18.4 Å². The lowest BCUT2D eigenvalue weighted by atomic mass is 10.0. The lowest BCUT2D eigenvalue weighted by molar-refractivity contribution is -0.716. The lowest BCUT2D eigenvalue weighted by Gasteiger charge is -2.08. The van der Waals surface area contributed by atoms with Gasteiger partial charge in [0.05, 0.1) is 0 Å². The number of aromatic nitrogens is 1. The van der Waals surface area contributed by atoms with Crippen molar-refractivity contribution in [3.63, 3.8) is 0 Å². The van der Waals surface area contributed by atoms with Crippen LogP contribution in [0.1, 0.15) is 237 Å². The third-order valence-corrected chi connectivity index (χ3v) is 9.73. The molecule has 1 heterocycles. The number of hydrogen-bond donors (Lipinski definition) is 0. The maximum Gasteiger partial charge on any atom is 0.172 e. The molecule has 0 atom stereocenters. The molecule has 0 saturated carbocycles. The van der Waals surface area contributed by atoms with Gasteiger partial charge in [0.25, 0.3) is 0 Å². The van der Waals surface area contributed by atoms with Gasteiger partial charge >= 0.3 is 0 Å². The number of pyridine rings is 1. The predicted molar refractivity (Wildman–Crippen MR) is 194 cm³/mol. The molecule has 43 heavy (non-hydrogen) atoms. The Hall–Kier alpha value is -0.850. The fraction of sp³-hybridized carbons (Fsp3) is 0.881. The van der Waals surface area contributed by atoms with Crippen molar-refractivity contribution < 1.29 is 4.57 Å². The van der Waals surface area contributed by atoms with Crippen LogP contribution in [-0.2, 0) is 12.8 Å². The molecule has 0 aliphatic rings. The summed E-state index contributed by atoms with van der Waals surface area (Å²) in [5, 5.41) is 0. The number of hydrogen-bond acceptors (Lipinski definition) is 0. The van der Waals surface area contributed by atoms with E-state index in [-0.39, 0.29) is 0 Å². The second kappa shape index (κ2) is 31.1. The molecule has 1 heteroatoms. The first kappa shape index (κ1) is 40.2. The van der Waals surface area contributed by atoms with Crippen molar-refractivity contribution in [2.45, 2.75) is 239 Å². The van der Waals surface area contributed by atoms with E-state index in [1.165, 1.54) is 205 Å². The summed E-state index contributed by atoms with van der Waals surface area (Å²) in [6.07, 6.45) is 50.7. The van der Waals surface area contributed by atoms with Gasteiger partial charge in [-0.15, -0.1) is 0 Å². The summed E-state index contributed by atoms with van der Waals surface area (Å²) < 4.78 is 2.47. The van der Waals surface area contributed by atoms with Crippen molar-refractivity contribution >= 4 is 0 Å². The Morgan fingerprint density at radius 1 is 0.372 bits per heavy atom. The number of unbranched alkanes of at least 4 members (excludes halogenated alkanes) is 28. The highest BCUT2D eigenvalue weighted by Gasteiger charge is 2.11. The molecule has 0 fully saturated rings. The van der Waals surface area contributed by atoms with Gasteiger partial charge in [0.2, 0.25) is 0 Å². The predicted octanol–water partition coefficient (Wildman–Crippen LogP) is 14.4. The molecule has 0 amide bonds. The van der Waals surface area contributed by atoms with Crippen LogP contribution in [0.25, 0.3) is 0 Å². The Balaban J connectivity index is 2.05. The van der Waals surface area contributed by atoms with Gasteiger partial charge in [-0.3, -0.25) is 0 Å². The number of nitrogens with zero attached hydrogens (tertiary/aromatic N) is 1. The van der Waals surface area contributed by atoms with E-state index in [1.54, 1.807) is 11.1 Å². The zero-order chi connectivity index (χ0) is 31.1. The second-order valence-electron chi connectivity index (χ2n) is 14.5. The Kier molecular flexibility index (Phi) is 29.1. The van der Waals surface area contributed by atoms with Crippen LogP contribution in [-0.4, -0.2) is 0 Å². The summed E-state index contributed by atoms with van der Waals surface area (Å²) in [6.45, 7) is 9.27. The minimum Gasteiger partial charge on any atom is -0.203 e. The van der Waals surface area contributed by atoms with E-state index in [0.717, 1.165) is 0 Å². The van der Waals surface area contributed by atoms with Crippen molar-refractivity contribution in [2.75, 3.05) is 0 Å². The van der Waals surface area contributed by atoms with Crippen molar-refractivity contribution in [2.24, 2.45) is 0 Å². The van der Waals surface area contributed by atoms with Gasteiger partial charge in [-0.1, -0.05) is 194 Å². The summed E-state index contributed by atoms with van der Waals surface area (Å²) in [7, 11) is 0. The van der Waals surface area contributed by atoms with Crippen molar-refractivity contribution in [1.29, 1.82) is 0 Å². The average Bonchev–Trinajstić information content (AvgIpc) is 3.01. The monoisotopic (exact) mass is 599 g/mol. The summed E-state index contributed by atoms with van der Waals surface area (Å²) in [4.78, 5) is 0. The third-order valence-electron chi connectivity index (χ3n) is 9.73. The molecule has 0 N–H and O–H groups in total. The summed E-state index contributed by atoms with van der Waals surface area (Å²) in [6, 6.07) is 3.09. The minimum atomic E-state index is 0.556. The topological polar surface area (TPSA) is 3.88 Å². The van der Waals surface area contributed by atoms with Crippen molar-refractivity contribution in [3.05, 3.63) is 29.6 Å². The van der Waals surface area contributed by atoms with Gasteiger partial charge in [0, 0.05) is 11.1 Å².